The van der Waals surface area contributed by atoms with Gasteiger partial charge in [0, 0.05) is 32.7 Å². The van der Waals surface area contributed by atoms with Crippen LogP contribution in [0, 0.1) is 11.8 Å². The highest BCUT2D eigenvalue weighted by Gasteiger charge is 2.22. The van der Waals surface area contributed by atoms with E-state index >= 15 is 0 Å². The van der Waals surface area contributed by atoms with Crippen molar-refractivity contribution in [2.24, 2.45) is 16.8 Å². The molecule has 2 aliphatic heterocycles. The minimum Gasteiger partial charge on any atom is -0.357 e. The summed E-state index contributed by atoms with van der Waals surface area (Å²) in [7, 11) is 0. The molecule has 5 heteroatoms. The van der Waals surface area contributed by atoms with Crippen LogP contribution in [-0.4, -0.2) is 61.6 Å². The van der Waals surface area contributed by atoms with Crippen LogP contribution in [0.5, 0.6) is 0 Å². The molecule has 0 radical (unpaired) electrons. The molecule has 0 aromatic rings. The van der Waals surface area contributed by atoms with Gasteiger partial charge in [-0.15, -0.1) is 24.0 Å². The maximum absolute atomic E-state index is 4.92. The SMILES string of the molecule is CCNC(=NCC1CCN(CC)C1)N1CCC(C)CC1.I. The predicted octanol–water partition coefficient (Wildman–Crippen LogP) is 2.64. The van der Waals surface area contributed by atoms with Crippen molar-refractivity contribution >= 4 is 29.9 Å². The van der Waals surface area contributed by atoms with E-state index < -0.39 is 0 Å². The monoisotopic (exact) mass is 408 g/mol. The maximum atomic E-state index is 4.92. The van der Waals surface area contributed by atoms with Gasteiger partial charge in [-0.25, -0.2) is 0 Å². The Morgan fingerprint density at radius 3 is 2.43 bits per heavy atom. The smallest absolute Gasteiger partial charge is 0.193 e. The van der Waals surface area contributed by atoms with E-state index in [9.17, 15) is 0 Å². The third-order valence-corrected chi connectivity index (χ3v) is 4.73. The Bertz CT molecular complexity index is 313. The van der Waals surface area contributed by atoms with Gasteiger partial charge in [-0.05, 0) is 51.1 Å². The van der Waals surface area contributed by atoms with Crippen molar-refractivity contribution in [3.63, 3.8) is 0 Å². The van der Waals surface area contributed by atoms with E-state index in [1.807, 2.05) is 0 Å². The molecule has 0 aromatic carbocycles. The molecule has 0 aromatic heterocycles. The predicted molar refractivity (Wildman–Crippen MR) is 102 cm³/mol. The van der Waals surface area contributed by atoms with Gasteiger partial charge in [0.25, 0.3) is 0 Å². The second-order valence-electron chi connectivity index (χ2n) is 6.41. The molecule has 1 atom stereocenters. The first-order valence-corrected chi connectivity index (χ1v) is 8.48. The van der Waals surface area contributed by atoms with Gasteiger partial charge < -0.3 is 15.1 Å². The summed E-state index contributed by atoms with van der Waals surface area (Å²) < 4.78 is 0. The fraction of sp³-hybridized carbons (Fsp3) is 0.938. The maximum Gasteiger partial charge on any atom is 0.193 e. The van der Waals surface area contributed by atoms with Gasteiger partial charge in [0.2, 0.25) is 0 Å². The van der Waals surface area contributed by atoms with Gasteiger partial charge >= 0.3 is 0 Å². The van der Waals surface area contributed by atoms with Gasteiger partial charge in [-0.3, -0.25) is 4.99 Å². The molecule has 0 aliphatic carbocycles. The molecule has 2 fully saturated rings. The van der Waals surface area contributed by atoms with Crippen LogP contribution in [-0.2, 0) is 0 Å². The number of guanidine groups is 1. The zero-order valence-electron chi connectivity index (χ0n) is 14.0. The molecule has 0 bridgehead atoms. The lowest BCUT2D eigenvalue weighted by Gasteiger charge is -2.33. The molecule has 2 aliphatic rings. The van der Waals surface area contributed by atoms with Gasteiger partial charge in [-0.1, -0.05) is 13.8 Å². The van der Waals surface area contributed by atoms with Crippen molar-refractivity contribution in [3.05, 3.63) is 0 Å². The van der Waals surface area contributed by atoms with Gasteiger partial charge in [-0.2, -0.15) is 0 Å². The molecular weight excluding hydrogens is 375 g/mol. The van der Waals surface area contributed by atoms with Crippen LogP contribution in [0.3, 0.4) is 0 Å². The molecule has 2 heterocycles. The van der Waals surface area contributed by atoms with Crippen molar-refractivity contribution in [1.29, 1.82) is 0 Å². The van der Waals surface area contributed by atoms with Gasteiger partial charge in [0.05, 0.1) is 0 Å². The highest BCUT2D eigenvalue weighted by Crippen LogP contribution is 2.18. The van der Waals surface area contributed by atoms with E-state index in [2.05, 4.69) is 35.9 Å². The lowest BCUT2D eigenvalue weighted by atomic mass is 9.99. The summed E-state index contributed by atoms with van der Waals surface area (Å²) in [5.41, 5.74) is 0. The second kappa shape index (κ2) is 9.87. The van der Waals surface area contributed by atoms with Crippen molar-refractivity contribution in [2.75, 3.05) is 45.8 Å². The summed E-state index contributed by atoms with van der Waals surface area (Å²) in [5, 5.41) is 3.48. The molecule has 2 rings (SSSR count). The van der Waals surface area contributed by atoms with Gasteiger partial charge in [0.1, 0.15) is 0 Å². The van der Waals surface area contributed by atoms with E-state index in [1.165, 1.54) is 52.0 Å². The number of nitrogens with zero attached hydrogens (tertiary/aromatic N) is 3. The fourth-order valence-corrected chi connectivity index (χ4v) is 3.21. The van der Waals surface area contributed by atoms with E-state index in [0.717, 1.165) is 30.9 Å². The normalized spacial score (nSPS) is 25.0. The average Bonchev–Trinajstić information content (AvgIpc) is 2.92. The number of hydrogen-bond donors (Lipinski definition) is 1. The second-order valence-corrected chi connectivity index (χ2v) is 6.41. The van der Waals surface area contributed by atoms with Crippen LogP contribution >= 0.6 is 24.0 Å². The summed E-state index contributed by atoms with van der Waals surface area (Å²) in [6.45, 7) is 14.7. The number of nitrogens with one attached hydrogen (secondary N) is 1. The molecule has 0 spiro atoms. The van der Waals surface area contributed by atoms with Gasteiger partial charge in [0.15, 0.2) is 5.96 Å². The Balaban J connectivity index is 0.00000220. The highest BCUT2D eigenvalue weighted by atomic mass is 127. The number of piperidine rings is 1. The Kier molecular flexibility index (Phi) is 8.94. The zero-order chi connectivity index (χ0) is 14.4. The van der Waals surface area contributed by atoms with Crippen LogP contribution in [0.2, 0.25) is 0 Å². The molecule has 1 N–H and O–H groups in total. The number of rotatable bonds is 4. The van der Waals surface area contributed by atoms with Crippen LogP contribution in [0.25, 0.3) is 0 Å². The van der Waals surface area contributed by atoms with Crippen LogP contribution in [0.1, 0.15) is 40.0 Å². The Hall–Kier alpha value is -0.0400. The first-order chi connectivity index (χ1) is 9.72. The quantitative estimate of drug-likeness (QED) is 0.441. The average molecular weight is 408 g/mol. The molecule has 4 nitrogen and oxygen atoms in total. The summed E-state index contributed by atoms with van der Waals surface area (Å²) in [6, 6.07) is 0. The van der Waals surface area contributed by atoms with Crippen molar-refractivity contribution in [1.82, 2.24) is 15.1 Å². The topological polar surface area (TPSA) is 30.9 Å². The molecule has 0 saturated carbocycles. The van der Waals surface area contributed by atoms with Crippen molar-refractivity contribution in [2.45, 2.75) is 40.0 Å². The van der Waals surface area contributed by atoms with Crippen LogP contribution in [0.4, 0.5) is 0 Å². The fourth-order valence-electron chi connectivity index (χ4n) is 3.21. The molecular formula is C16H33IN4. The lowest BCUT2D eigenvalue weighted by Crippen LogP contribution is -2.45. The molecule has 0 amide bonds. The highest BCUT2D eigenvalue weighted by molar-refractivity contribution is 14.0. The van der Waals surface area contributed by atoms with E-state index in [0.29, 0.717) is 0 Å². The Morgan fingerprint density at radius 1 is 1.14 bits per heavy atom. The summed E-state index contributed by atoms with van der Waals surface area (Å²) >= 11 is 0. The van der Waals surface area contributed by atoms with E-state index in [1.54, 1.807) is 0 Å². The van der Waals surface area contributed by atoms with Crippen molar-refractivity contribution in [3.8, 4) is 0 Å². The summed E-state index contributed by atoms with van der Waals surface area (Å²) in [4.78, 5) is 9.91. The lowest BCUT2D eigenvalue weighted by molar-refractivity contribution is 0.273. The van der Waals surface area contributed by atoms with E-state index in [-0.39, 0.29) is 24.0 Å². The zero-order valence-corrected chi connectivity index (χ0v) is 16.3. The largest absolute Gasteiger partial charge is 0.357 e. The molecule has 2 saturated heterocycles. The van der Waals surface area contributed by atoms with Crippen LogP contribution < -0.4 is 5.32 Å². The van der Waals surface area contributed by atoms with Crippen molar-refractivity contribution < 1.29 is 0 Å². The third kappa shape index (κ3) is 5.93. The molecule has 124 valence electrons. The van der Waals surface area contributed by atoms with E-state index in [4.69, 9.17) is 4.99 Å². The molecule has 1 unspecified atom stereocenters. The first-order valence-electron chi connectivity index (χ1n) is 8.48. The molecule has 21 heavy (non-hydrogen) atoms. The minimum atomic E-state index is 0. The summed E-state index contributed by atoms with van der Waals surface area (Å²) in [5.74, 6) is 2.78. The number of halogens is 1. The number of hydrogen-bond acceptors (Lipinski definition) is 2. The number of likely N-dealkylation sites (tertiary alicyclic amines) is 2. The standard InChI is InChI=1S/C16H32N4.HI/c1-4-17-16(20-10-6-14(3)7-11-20)18-12-15-8-9-19(5-2)13-15;/h14-15H,4-13H2,1-3H3,(H,17,18);1H. The Morgan fingerprint density at radius 2 is 1.86 bits per heavy atom. The third-order valence-electron chi connectivity index (χ3n) is 4.73. The summed E-state index contributed by atoms with van der Waals surface area (Å²) in [6.07, 6.45) is 3.92. The first kappa shape index (κ1) is 19.0. The van der Waals surface area contributed by atoms with Crippen LogP contribution in [0.15, 0.2) is 4.99 Å². The number of aliphatic imine (C=N–C) groups is 1. The minimum absolute atomic E-state index is 0. The Labute approximate surface area is 147 Å².